The summed E-state index contributed by atoms with van der Waals surface area (Å²) in [5.74, 6) is -2.04. The number of rotatable bonds is 7. The van der Waals surface area contributed by atoms with Crippen molar-refractivity contribution in [2.24, 2.45) is 0 Å². The predicted octanol–water partition coefficient (Wildman–Crippen LogP) is -2.12. The molecule has 2 saturated heterocycles. The van der Waals surface area contributed by atoms with Crippen LogP contribution in [0.4, 0.5) is 0 Å². The Balaban J connectivity index is 1.60. The van der Waals surface area contributed by atoms with Crippen molar-refractivity contribution in [3.63, 3.8) is 0 Å². The molecule has 16 heteroatoms. The second kappa shape index (κ2) is 12.1. The van der Waals surface area contributed by atoms with Gasteiger partial charge in [0, 0.05) is 17.7 Å². The van der Waals surface area contributed by atoms with Crippen LogP contribution in [0.1, 0.15) is 0 Å². The van der Waals surface area contributed by atoms with Crippen LogP contribution in [0.25, 0.3) is 22.3 Å². The van der Waals surface area contributed by atoms with E-state index in [0.29, 0.717) is 0 Å². The highest BCUT2D eigenvalue weighted by Crippen LogP contribution is 2.40. The first-order valence-electron chi connectivity index (χ1n) is 13.0. The average molecular weight is 611 g/mol. The highest BCUT2D eigenvalue weighted by molar-refractivity contribution is 5.88. The molecule has 0 bridgehead atoms. The molecule has 2 aliphatic heterocycles. The van der Waals surface area contributed by atoms with Crippen LogP contribution in [0.2, 0.25) is 0 Å². The standard InChI is InChI=1S/C27H30O16/c1-38-14-4-9(2-3-11(14)29)24-25(43-26-22(36)18(32)13(31)8-39-26)20(34)17-12(30)5-10(6-15(17)41-24)40-27-23(37)21(35)19(33)16(7-28)42-27/h2-6,13,16,18-19,21-23,26-33,35-37H,7-8H2,1H3/t13-,16-,18-,19+,21+,22-,23-,26+,27-/m1/s1. The van der Waals surface area contributed by atoms with Gasteiger partial charge in [-0.25, -0.2) is 0 Å². The minimum Gasteiger partial charge on any atom is -0.507 e. The van der Waals surface area contributed by atoms with E-state index < -0.39 is 90.8 Å². The number of hydrogen-bond acceptors (Lipinski definition) is 16. The van der Waals surface area contributed by atoms with E-state index >= 15 is 0 Å². The van der Waals surface area contributed by atoms with Crippen LogP contribution in [0.5, 0.6) is 28.7 Å². The molecule has 9 N–H and O–H groups in total. The van der Waals surface area contributed by atoms with Crippen LogP contribution in [-0.2, 0) is 9.47 Å². The molecule has 0 amide bonds. The van der Waals surface area contributed by atoms with Gasteiger partial charge in [0.2, 0.25) is 23.8 Å². The van der Waals surface area contributed by atoms with Gasteiger partial charge in [-0.1, -0.05) is 0 Å². The van der Waals surface area contributed by atoms with E-state index in [-0.39, 0.29) is 34.2 Å². The summed E-state index contributed by atoms with van der Waals surface area (Å²) in [4.78, 5) is 13.7. The van der Waals surface area contributed by atoms with Crippen molar-refractivity contribution in [1.82, 2.24) is 0 Å². The van der Waals surface area contributed by atoms with Crippen molar-refractivity contribution in [3.8, 4) is 40.1 Å². The molecule has 0 aliphatic carbocycles. The number of benzene rings is 2. The summed E-state index contributed by atoms with van der Waals surface area (Å²) in [5, 5.41) is 90.6. The van der Waals surface area contributed by atoms with Crippen LogP contribution >= 0.6 is 0 Å². The number of phenolic OH excluding ortho intramolecular Hbond substituents is 2. The number of aliphatic hydroxyl groups excluding tert-OH is 7. The van der Waals surface area contributed by atoms with E-state index in [9.17, 15) is 50.8 Å². The normalized spacial score (nSPS) is 31.1. The Morgan fingerprint density at radius 1 is 0.860 bits per heavy atom. The monoisotopic (exact) mass is 610 g/mol. The highest BCUT2D eigenvalue weighted by Gasteiger charge is 2.45. The molecule has 0 radical (unpaired) electrons. The number of aromatic hydroxyl groups is 2. The fraction of sp³-hybridized carbons (Fsp3) is 0.444. The van der Waals surface area contributed by atoms with Crippen molar-refractivity contribution < 1.29 is 74.1 Å². The Labute approximate surface area is 241 Å². The van der Waals surface area contributed by atoms with Crippen LogP contribution in [0.15, 0.2) is 39.5 Å². The Morgan fingerprint density at radius 2 is 1.58 bits per heavy atom. The average Bonchev–Trinajstić information content (AvgIpc) is 2.98. The molecule has 0 spiro atoms. The van der Waals surface area contributed by atoms with Crippen LogP contribution in [0.3, 0.4) is 0 Å². The minimum atomic E-state index is -1.79. The lowest BCUT2D eigenvalue weighted by molar-refractivity contribution is -0.277. The van der Waals surface area contributed by atoms with Gasteiger partial charge in [-0.2, -0.15) is 0 Å². The second-order valence-electron chi connectivity index (χ2n) is 9.97. The van der Waals surface area contributed by atoms with Crippen molar-refractivity contribution >= 4 is 11.0 Å². The lowest BCUT2D eigenvalue weighted by Gasteiger charge is -2.39. The smallest absolute Gasteiger partial charge is 0.239 e. The van der Waals surface area contributed by atoms with Crippen molar-refractivity contribution in [3.05, 3.63) is 40.6 Å². The largest absolute Gasteiger partial charge is 0.507 e. The molecule has 2 aromatic carbocycles. The molecule has 2 fully saturated rings. The molecule has 2 aliphatic rings. The van der Waals surface area contributed by atoms with Crippen LogP contribution in [-0.4, -0.2) is 122 Å². The molecule has 3 aromatic rings. The second-order valence-corrected chi connectivity index (χ2v) is 9.97. The Morgan fingerprint density at radius 3 is 2.28 bits per heavy atom. The quantitative estimate of drug-likeness (QED) is 0.138. The Kier molecular flexibility index (Phi) is 8.66. The first kappa shape index (κ1) is 30.7. The predicted molar refractivity (Wildman–Crippen MR) is 141 cm³/mol. The summed E-state index contributed by atoms with van der Waals surface area (Å²) >= 11 is 0. The van der Waals surface area contributed by atoms with Gasteiger partial charge in [0.1, 0.15) is 65.2 Å². The van der Waals surface area contributed by atoms with Gasteiger partial charge in [0.15, 0.2) is 17.3 Å². The van der Waals surface area contributed by atoms with Crippen LogP contribution < -0.4 is 19.6 Å². The Bertz CT molecular complexity index is 1520. The third kappa shape index (κ3) is 5.67. The maximum Gasteiger partial charge on any atom is 0.239 e. The molecule has 5 rings (SSSR count). The lowest BCUT2D eigenvalue weighted by atomic mass is 9.99. The molecule has 9 atom stereocenters. The maximum absolute atomic E-state index is 13.7. The van der Waals surface area contributed by atoms with E-state index in [1.165, 1.54) is 25.3 Å². The first-order chi connectivity index (χ1) is 20.4. The van der Waals surface area contributed by atoms with Crippen molar-refractivity contribution in [2.45, 2.75) is 55.3 Å². The van der Waals surface area contributed by atoms with E-state index in [1.807, 2.05) is 0 Å². The molecule has 3 heterocycles. The zero-order valence-electron chi connectivity index (χ0n) is 22.4. The van der Waals surface area contributed by atoms with E-state index in [2.05, 4.69) is 0 Å². The molecule has 0 unspecified atom stereocenters. The summed E-state index contributed by atoms with van der Waals surface area (Å²) < 4.78 is 32.9. The molecular formula is C27H30O16. The van der Waals surface area contributed by atoms with Gasteiger partial charge in [-0.05, 0) is 18.2 Å². The topological polar surface area (TPSA) is 258 Å². The molecule has 43 heavy (non-hydrogen) atoms. The summed E-state index contributed by atoms with van der Waals surface area (Å²) in [6, 6.07) is 6.01. The van der Waals surface area contributed by atoms with E-state index in [4.69, 9.17) is 28.1 Å². The fourth-order valence-electron chi connectivity index (χ4n) is 4.74. The highest BCUT2D eigenvalue weighted by atomic mass is 16.7. The summed E-state index contributed by atoms with van der Waals surface area (Å²) in [7, 11) is 1.28. The molecule has 0 saturated carbocycles. The first-order valence-corrected chi connectivity index (χ1v) is 13.0. The number of fused-ring (bicyclic) bond motifs is 1. The minimum absolute atomic E-state index is 0.0127. The Hall–Kier alpha value is -3.71. The van der Waals surface area contributed by atoms with Crippen molar-refractivity contribution in [2.75, 3.05) is 20.3 Å². The van der Waals surface area contributed by atoms with E-state index in [0.717, 1.165) is 12.1 Å². The number of ether oxygens (including phenoxy) is 5. The zero-order valence-corrected chi connectivity index (χ0v) is 22.4. The zero-order chi connectivity index (χ0) is 31.2. The maximum atomic E-state index is 13.7. The SMILES string of the molecule is COc1cc(-c2oc3cc(O[C@@H]4O[C@H](CO)[C@H](O)[C@H](O)[C@H]4O)cc(O)c3c(=O)c2O[C@@H]2OC[C@@H](O)[C@@H](O)[C@H]2O)ccc1O. The summed E-state index contributed by atoms with van der Waals surface area (Å²) in [5.41, 5.74) is -1.12. The number of hydrogen-bond donors (Lipinski definition) is 9. The number of phenols is 2. The van der Waals surface area contributed by atoms with E-state index in [1.54, 1.807) is 0 Å². The van der Waals surface area contributed by atoms with Gasteiger partial charge in [0.05, 0.1) is 20.3 Å². The third-order valence-electron chi connectivity index (χ3n) is 7.14. The van der Waals surface area contributed by atoms with Gasteiger partial charge in [0.25, 0.3) is 0 Å². The van der Waals surface area contributed by atoms with Gasteiger partial charge in [-0.3, -0.25) is 4.79 Å². The van der Waals surface area contributed by atoms with Crippen molar-refractivity contribution in [1.29, 1.82) is 0 Å². The number of methoxy groups -OCH3 is 1. The third-order valence-corrected chi connectivity index (χ3v) is 7.14. The summed E-state index contributed by atoms with van der Waals surface area (Å²) in [6.07, 6.45) is -14.6. The molecular weight excluding hydrogens is 580 g/mol. The van der Waals surface area contributed by atoms with Crippen LogP contribution in [0, 0.1) is 0 Å². The number of aliphatic hydroxyl groups is 7. The molecule has 1 aromatic heterocycles. The molecule has 16 nitrogen and oxygen atoms in total. The van der Waals surface area contributed by atoms with Gasteiger partial charge < -0.3 is 74.1 Å². The summed E-state index contributed by atoms with van der Waals surface area (Å²) in [6.45, 7) is -1.14. The lowest BCUT2D eigenvalue weighted by Crippen LogP contribution is -2.60. The van der Waals surface area contributed by atoms with Gasteiger partial charge >= 0.3 is 0 Å². The fourth-order valence-corrected chi connectivity index (χ4v) is 4.74. The van der Waals surface area contributed by atoms with Gasteiger partial charge in [-0.15, -0.1) is 0 Å². The molecule has 234 valence electrons.